The van der Waals surface area contributed by atoms with Crippen molar-refractivity contribution in [1.82, 2.24) is 4.90 Å². The van der Waals surface area contributed by atoms with Crippen LogP contribution >= 0.6 is 12.2 Å². The SMILES string of the molecule is COc1cc(C)c(C)cc1NC(=S)N1CCN(c2ccccc2)CC1. The number of methoxy groups -OCH3 is 1. The quantitative estimate of drug-likeness (QED) is 0.845. The van der Waals surface area contributed by atoms with Gasteiger partial charge < -0.3 is 19.9 Å². The lowest BCUT2D eigenvalue weighted by Gasteiger charge is -2.37. The first-order valence-corrected chi connectivity index (χ1v) is 9.00. The van der Waals surface area contributed by atoms with Gasteiger partial charge in [0.15, 0.2) is 5.11 Å². The lowest BCUT2D eigenvalue weighted by atomic mass is 10.1. The largest absolute Gasteiger partial charge is 0.495 e. The molecule has 1 heterocycles. The van der Waals surface area contributed by atoms with Gasteiger partial charge >= 0.3 is 0 Å². The summed E-state index contributed by atoms with van der Waals surface area (Å²) in [7, 11) is 1.69. The van der Waals surface area contributed by atoms with E-state index in [4.69, 9.17) is 17.0 Å². The summed E-state index contributed by atoms with van der Waals surface area (Å²) in [5, 5.41) is 4.13. The molecule has 0 radical (unpaired) electrons. The molecule has 1 N–H and O–H groups in total. The van der Waals surface area contributed by atoms with Crippen LogP contribution in [0.3, 0.4) is 0 Å². The zero-order valence-electron chi connectivity index (χ0n) is 15.1. The van der Waals surface area contributed by atoms with Gasteiger partial charge in [0.2, 0.25) is 0 Å². The minimum Gasteiger partial charge on any atom is -0.495 e. The van der Waals surface area contributed by atoms with Crippen LogP contribution in [0.2, 0.25) is 0 Å². The molecule has 1 aliphatic rings. The summed E-state index contributed by atoms with van der Waals surface area (Å²) < 4.78 is 5.50. The molecule has 0 bridgehead atoms. The summed E-state index contributed by atoms with van der Waals surface area (Å²) in [4.78, 5) is 4.62. The Balaban J connectivity index is 1.63. The van der Waals surface area contributed by atoms with Crippen molar-refractivity contribution in [2.75, 3.05) is 43.5 Å². The van der Waals surface area contributed by atoms with Crippen molar-refractivity contribution >= 4 is 28.7 Å². The molecule has 0 spiro atoms. The number of hydrogen-bond acceptors (Lipinski definition) is 3. The van der Waals surface area contributed by atoms with Crippen molar-refractivity contribution in [3.63, 3.8) is 0 Å². The molecular weight excluding hydrogens is 330 g/mol. The van der Waals surface area contributed by atoms with E-state index in [0.29, 0.717) is 0 Å². The van der Waals surface area contributed by atoms with Crippen LogP contribution in [-0.2, 0) is 0 Å². The third kappa shape index (κ3) is 4.04. The molecule has 5 heteroatoms. The number of ether oxygens (including phenoxy) is 1. The Hall–Kier alpha value is -2.27. The molecule has 132 valence electrons. The maximum absolute atomic E-state index is 5.64. The summed E-state index contributed by atoms with van der Waals surface area (Å²) in [5.41, 5.74) is 4.64. The average molecular weight is 356 g/mol. The van der Waals surface area contributed by atoms with E-state index in [1.165, 1.54) is 16.8 Å². The van der Waals surface area contributed by atoms with Gasteiger partial charge in [0, 0.05) is 31.9 Å². The van der Waals surface area contributed by atoms with Crippen molar-refractivity contribution in [2.24, 2.45) is 0 Å². The number of aryl methyl sites for hydroxylation is 2. The fourth-order valence-corrected chi connectivity index (χ4v) is 3.35. The Morgan fingerprint density at radius 1 is 1.00 bits per heavy atom. The minimum atomic E-state index is 0.759. The summed E-state index contributed by atoms with van der Waals surface area (Å²) in [6.45, 7) is 7.94. The van der Waals surface area contributed by atoms with E-state index in [2.05, 4.69) is 65.4 Å². The Bertz CT molecular complexity index is 740. The molecule has 0 saturated carbocycles. The Morgan fingerprint density at radius 3 is 2.28 bits per heavy atom. The zero-order valence-corrected chi connectivity index (χ0v) is 15.9. The number of nitrogens with one attached hydrogen (secondary N) is 1. The van der Waals surface area contributed by atoms with Crippen molar-refractivity contribution in [1.29, 1.82) is 0 Å². The normalized spacial score (nSPS) is 14.4. The highest BCUT2D eigenvalue weighted by Gasteiger charge is 2.20. The molecule has 3 rings (SSSR count). The summed E-state index contributed by atoms with van der Waals surface area (Å²) >= 11 is 5.64. The first-order chi connectivity index (χ1) is 12.1. The Morgan fingerprint density at radius 2 is 1.64 bits per heavy atom. The topological polar surface area (TPSA) is 27.7 Å². The molecule has 25 heavy (non-hydrogen) atoms. The first kappa shape index (κ1) is 17.5. The molecule has 0 aliphatic carbocycles. The summed E-state index contributed by atoms with van der Waals surface area (Å²) in [6, 6.07) is 14.7. The van der Waals surface area contributed by atoms with Gasteiger partial charge in [-0.05, 0) is 61.5 Å². The Kier molecular flexibility index (Phi) is 5.43. The van der Waals surface area contributed by atoms with E-state index in [0.717, 1.165) is 42.7 Å². The van der Waals surface area contributed by atoms with Crippen LogP contribution < -0.4 is 15.0 Å². The number of anilines is 2. The fourth-order valence-electron chi connectivity index (χ4n) is 3.06. The van der Waals surface area contributed by atoms with Crippen LogP contribution in [0.1, 0.15) is 11.1 Å². The molecule has 0 aromatic heterocycles. The van der Waals surface area contributed by atoms with Crippen molar-refractivity contribution in [3.05, 3.63) is 53.6 Å². The fraction of sp³-hybridized carbons (Fsp3) is 0.350. The van der Waals surface area contributed by atoms with Gasteiger partial charge in [-0.15, -0.1) is 0 Å². The predicted octanol–water partition coefficient (Wildman–Crippen LogP) is 3.83. The molecular formula is C20H25N3OS. The smallest absolute Gasteiger partial charge is 0.173 e. The second kappa shape index (κ2) is 7.74. The van der Waals surface area contributed by atoms with Crippen LogP contribution in [0, 0.1) is 13.8 Å². The van der Waals surface area contributed by atoms with Crippen LogP contribution in [0.4, 0.5) is 11.4 Å². The molecule has 1 fully saturated rings. The summed E-state index contributed by atoms with van der Waals surface area (Å²) in [5.74, 6) is 0.827. The van der Waals surface area contributed by atoms with Gasteiger partial charge in [-0.3, -0.25) is 0 Å². The van der Waals surface area contributed by atoms with Gasteiger partial charge in [-0.2, -0.15) is 0 Å². The van der Waals surface area contributed by atoms with E-state index < -0.39 is 0 Å². The van der Waals surface area contributed by atoms with Gasteiger partial charge in [0.25, 0.3) is 0 Å². The van der Waals surface area contributed by atoms with Crippen LogP contribution in [-0.4, -0.2) is 43.3 Å². The van der Waals surface area contributed by atoms with E-state index in [9.17, 15) is 0 Å². The second-order valence-corrected chi connectivity index (χ2v) is 6.76. The monoisotopic (exact) mass is 355 g/mol. The van der Waals surface area contributed by atoms with Crippen molar-refractivity contribution < 1.29 is 4.74 Å². The van der Waals surface area contributed by atoms with Crippen molar-refractivity contribution in [3.8, 4) is 5.75 Å². The number of nitrogens with zero attached hydrogens (tertiary/aromatic N) is 2. The number of thiocarbonyl (C=S) groups is 1. The maximum atomic E-state index is 5.64. The number of hydrogen-bond donors (Lipinski definition) is 1. The lowest BCUT2D eigenvalue weighted by molar-refractivity contribution is 0.390. The van der Waals surface area contributed by atoms with Crippen LogP contribution in [0.15, 0.2) is 42.5 Å². The van der Waals surface area contributed by atoms with Gasteiger partial charge in [0.05, 0.1) is 12.8 Å². The average Bonchev–Trinajstić information content (AvgIpc) is 2.65. The van der Waals surface area contributed by atoms with Crippen LogP contribution in [0.5, 0.6) is 5.75 Å². The highest BCUT2D eigenvalue weighted by Crippen LogP contribution is 2.28. The molecule has 2 aromatic carbocycles. The van der Waals surface area contributed by atoms with Gasteiger partial charge in [-0.25, -0.2) is 0 Å². The third-order valence-electron chi connectivity index (χ3n) is 4.75. The summed E-state index contributed by atoms with van der Waals surface area (Å²) in [6.07, 6.45) is 0. The van der Waals surface area contributed by atoms with E-state index in [1.807, 2.05) is 6.07 Å². The highest BCUT2D eigenvalue weighted by molar-refractivity contribution is 7.80. The van der Waals surface area contributed by atoms with E-state index in [1.54, 1.807) is 7.11 Å². The van der Waals surface area contributed by atoms with Crippen molar-refractivity contribution in [2.45, 2.75) is 13.8 Å². The number of piperazine rings is 1. The highest BCUT2D eigenvalue weighted by atomic mass is 32.1. The zero-order chi connectivity index (χ0) is 17.8. The second-order valence-electron chi connectivity index (χ2n) is 6.38. The number of benzene rings is 2. The van der Waals surface area contributed by atoms with Gasteiger partial charge in [-0.1, -0.05) is 18.2 Å². The minimum absolute atomic E-state index is 0.759. The number of rotatable bonds is 3. The molecule has 1 saturated heterocycles. The molecule has 4 nitrogen and oxygen atoms in total. The van der Waals surface area contributed by atoms with Crippen LogP contribution in [0.25, 0.3) is 0 Å². The standard InChI is InChI=1S/C20H25N3OS/c1-15-13-18(19(24-3)14-16(15)2)21-20(25)23-11-9-22(10-12-23)17-7-5-4-6-8-17/h4-8,13-14H,9-12H2,1-3H3,(H,21,25). The Labute approximate surface area is 155 Å². The molecule has 0 amide bonds. The number of para-hydroxylation sites is 1. The first-order valence-electron chi connectivity index (χ1n) is 8.59. The molecule has 2 aromatic rings. The molecule has 0 unspecified atom stereocenters. The lowest BCUT2D eigenvalue weighted by Crippen LogP contribution is -2.50. The molecule has 1 aliphatic heterocycles. The van der Waals surface area contributed by atoms with E-state index in [-0.39, 0.29) is 0 Å². The predicted molar refractivity (Wildman–Crippen MR) is 109 cm³/mol. The van der Waals surface area contributed by atoms with E-state index >= 15 is 0 Å². The van der Waals surface area contributed by atoms with Gasteiger partial charge in [0.1, 0.15) is 5.75 Å². The molecule has 0 atom stereocenters. The third-order valence-corrected chi connectivity index (χ3v) is 5.11. The maximum Gasteiger partial charge on any atom is 0.173 e.